The Hall–Kier alpha value is -1.03. The maximum Gasteiger partial charge on any atom is 0.153 e. The molecular formula is C11H13BrO3. The number of aryl methyl sites for hydroxylation is 1. The van der Waals surface area contributed by atoms with Gasteiger partial charge in [0.15, 0.2) is 6.29 Å². The molecule has 3 nitrogen and oxygen atoms in total. The van der Waals surface area contributed by atoms with E-state index in [0.29, 0.717) is 15.8 Å². The van der Waals surface area contributed by atoms with Crippen LogP contribution < -0.4 is 9.47 Å². The van der Waals surface area contributed by atoms with E-state index in [1.807, 2.05) is 6.92 Å². The van der Waals surface area contributed by atoms with Gasteiger partial charge in [0.1, 0.15) is 16.0 Å². The van der Waals surface area contributed by atoms with Crippen LogP contribution in [0.4, 0.5) is 0 Å². The molecule has 0 heterocycles. The van der Waals surface area contributed by atoms with Crippen LogP contribution >= 0.6 is 15.9 Å². The Morgan fingerprint density at radius 1 is 1.33 bits per heavy atom. The average Bonchev–Trinajstić information content (AvgIpc) is 2.27. The van der Waals surface area contributed by atoms with Gasteiger partial charge in [-0.15, -0.1) is 0 Å². The predicted octanol–water partition coefficient (Wildman–Crippen LogP) is 2.84. The van der Waals surface area contributed by atoms with E-state index in [9.17, 15) is 4.79 Å². The zero-order chi connectivity index (χ0) is 11.4. The lowest BCUT2D eigenvalue weighted by molar-refractivity contribution is 0.112. The van der Waals surface area contributed by atoms with Gasteiger partial charge < -0.3 is 9.47 Å². The summed E-state index contributed by atoms with van der Waals surface area (Å²) < 4.78 is 11.1. The molecule has 0 aliphatic rings. The second-order valence-electron chi connectivity index (χ2n) is 2.98. The minimum Gasteiger partial charge on any atom is -0.495 e. The Kier molecular flexibility index (Phi) is 4.15. The summed E-state index contributed by atoms with van der Waals surface area (Å²) in [5.74, 6) is 1.24. The lowest BCUT2D eigenvalue weighted by Crippen LogP contribution is -1.99. The van der Waals surface area contributed by atoms with Crippen LogP contribution in [0.5, 0.6) is 11.5 Å². The van der Waals surface area contributed by atoms with Gasteiger partial charge in [-0.1, -0.05) is 6.92 Å². The first-order valence-electron chi connectivity index (χ1n) is 4.58. The lowest BCUT2D eigenvalue weighted by atomic mass is 10.1. The SMILES string of the molecule is CCc1cc(C=O)c(OC)c(Br)c1OC. The fourth-order valence-electron chi connectivity index (χ4n) is 1.47. The van der Waals surface area contributed by atoms with Crippen LogP contribution in [0.1, 0.15) is 22.8 Å². The van der Waals surface area contributed by atoms with Gasteiger partial charge in [0, 0.05) is 0 Å². The highest BCUT2D eigenvalue weighted by Crippen LogP contribution is 2.39. The fourth-order valence-corrected chi connectivity index (χ4v) is 2.28. The van der Waals surface area contributed by atoms with E-state index in [1.165, 1.54) is 7.11 Å². The van der Waals surface area contributed by atoms with Crippen LogP contribution in [0.2, 0.25) is 0 Å². The van der Waals surface area contributed by atoms with Crippen molar-refractivity contribution >= 4 is 22.2 Å². The molecule has 0 radical (unpaired) electrons. The van der Waals surface area contributed by atoms with E-state index in [-0.39, 0.29) is 0 Å². The van der Waals surface area contributed by atoms with Crippen molar-refractivity contribution in [2.45, 2.75) is 13.3 Å². The Morgan fingerprint density at radius 3 is 2.33 bits per heavy atom. The number of carbonyl (C=O) groups excluding carboxylic acids is 1. The Morgan fingerprint density at radius 2 is 1.93 bits per heavy atom. The minimum atomic E-state index is 0.513. The van der Waals surface area contributed by atoms with Gasteiger partial charge in [-0.25, -0.2) is 0 Å². The van der Waals surface area contributed by atoms with Crippen molar-refractivity contribution in [3.05, 3.63) is 21.7 Å². The van der Waals surface area contributed by atoms with Crippen molar-refractivity contribution in [3.63, 3.8) is 0 Å². The highest BCUT2D eigenvalue weighted by atomic mass is 79.9. The van der Waals surface area contributed by atoms with Gasteiger partial charge in [0.05, 0.1) is 19.8 Å². The molecule has 0 amide bonds. The normalized spacial score (nSPS) is 9.87. The van der Waals surface area contributed by atoms with Crippen LogP contribution in [0.3, 0.4) is 0 Å². The third kappa shape index (κ3) is 2.15. The standard InChI is InChI=1S/C11H13BrO3/c1-4-7-5-8(6-13)11(15-3)9(12)10(7)14-2/h5-6H,4H2,1-3H3. The third-order valence-electron chi connectivity index (χ3n) is 2.20. The summed E-state index contributed by atoms with van der Waals surface area (Å²) >= 11 is 3.38. The molecule has 0 bridgehead atoms. The molecule has 0 saturated carbocycles. The van der Waals surface area contributed by atoms with Crippen molar-refractivity contribution in [1.29, 1.82) is 0 Å². The van der Waals surface area contributed by atoms with Crippen molar-refractivity contribution < 1.29 is 14.3 Å². The van der Waals surface area contributed by atoms with Crippen molar-refractivity contribution in [1.82, 2.24) is 0 Å². The van der Waals surface area contributed by atoms with Gasteiger partial charge >= 0.3 is 0 Å². The summed E-state index contributed by atoms with van der Waals surface area (Å²) in [7, 11) is 3.12. The molecule has 0 N–H and O–H groups in total. The van der Waals surface area contributed by atoms with Gasteiger partial charge in [-0.3, -0.25) is 4.79 Å². The van der Waals surface area contributed by atoms with E-state index in [2.05, 4.69) is 15.9 Å². The van der Waals surface area contributed by atoms with Crippen molar-refractivity contribution in [2.24, 2.45) is 0 Å². The smallest absolute Gasteiger partial charge is 0.153 e. The van der Waals surface area contributed by atoms with E-state index in [4.69, 9.17) is 9.47 Å². The highest BCUT2D eigenvalue weighted by Gasteiger charge is 2.16. The second kappa shape index (κ2) is 5.16. The highest BCUT2D eigenvalue weighted by molar-refractivity contribution is 9.10. The van der Waals surface area contributed by atoms with E-state index in [1.54, 1.807) is 13.2 Å². The zero-order valence-electron chi connectivity index (χ0n) is 8.96. The Labute approximate surface area is 97.5 Å². The molecule has 1 rings (SSSR count). The van der Waals surface area contributed by atoms with Gasteiger partial charge in [0.2, 0.25) is 0 Å². The van der Waals surface area contributed by atoms with Crippen molar-refractivity contribution in [2.75, 3.05) is 14.2 Å². The summed E-state index contributed by atoms with van der Waals surface area (Å²) in [4.78, 5) is 10.9. The molecule has 1 aromatic carbocycles. The van der Waals surface area contributed by atoms with Gasteiger partial charge in [-0.2, -0.15) is 0 Å². The monoisotopic (exact) mass is 272 g/mol. The second-order valence-corrected chi connectivity index (χ2v) is 3.77. The number of hydrogen-bond donors (Lipinski definition) is 0. The number of ether oxygens (including phenoxy) is 2. The van der Waals surface area contributed by atoms with E-state index in [0.717, 1.165) is 24.0 Å². The molecule has 1 aromatic rings. The maximum atomic E-state index is 10.9. The molecule has 0 fully saturated rings. The number of benzene rings is 1. The molecule has 0 spiro atoms. The first kappa shape index (κ1) is 12.0. The number of halogens is 1. The third-order valence-corrected chi connectivity index (χ3v) is 2.92. The molecule has 0 saturated heterocycles. The zero-order valence-corrected chi connectivity index (χ0v) is 10.6. The number of carbonyl (C=O) groups is 1. The summed E-state index contributed by atoms with van der Waals surface area (Å²) in [6.07, 6.45) is 1.58. The Balaban J connectivity index is 3.48. The van der Waals surface area contributed by atoms with Crippen LogP contribution in [-0.4, -0.2) is 20.5 Å². The van der Waals surface area contributed by atoms with Gasteiger partial charge in [0.25, 0.3) is 0 Å². The quantitative estimate of drug-likeness (QED) is 0.791. The van der Waals surface area contributed by atoms with Crippen molar-refractivity contribution in [3.8, 4) is 11.5 Å². The predicted molar refractivity (Wildman–Crippen MR) is 62.0 cm³/mol. The fraction of sp³-hybridized carbons (Fsp3) is 0.364. The van der Waals surface area contributed by atoms with Crippen LogP contribution in [-0.2, 0) is 6.42 Å². The van der Waals surface area contributed by atoms with Crippen LogP contribution in [0.25, 0.3) is 0 Å². The first-order valence-corrected chi connectivity index (χ1v) is 5.37. The number of rotatable bonds is 4. The summed E-state index contributed by atoms with van der Waals surface area (Å²) in [6.45, 7) is 2.01. The average molecular weight is 273 g/mol. The van der Waals surface area contributed by atoms with E-state index < -0.39 is 0 Å². The molecular weight excluding hydrogens is 260 g/mol. The number of hydrogen-bond acceptors (Lipinski definition) is 3. The summed E-state index contributed by atoms with van der Waals surface area (Å²) in [6, 6.07) is 1.79. The first-order chi connectivity index (χ1) is 7.19. The topological polar surface area (TPSA) is 35.5 Å². The van der Waals surface area contributed by atoms with Gasteiger partial charge in [-0.05, 0) is 34.0 Å². The van der Waals surface area contributed by atoms with Crippen LogP contribution in [0, 0.1) is 0 Å². The molecule has 0 unspecified atom stereocenters. The van der Waals surface area contributed by atoms with E-state index >= 15 is 0 Å². The molecule has 0 aliphatic heterocycles. The number of methoxy groups -OCH3 is 2. The maximum absolute atomic E-state index is 10.9. The summed E-state index contributed by atoms with van der Waals surface area (Å²) in [5, 5.41) is 0. The summed E-state index contributed by atoms with van der Waals surface area (Å²) in [5.41, 5.74) is 1.51. The molecule has 82 valence electrons. The molecule has 4 heteroatoms. The lowest BCUT2D eigenvalue weighted by Gasteiger charge is -2.14. The molecule has 0 aromatic heterocycles. The largest absolute Gasteiger partial charge is 0.495 e. The minimum absolute atomic E-state index is 0.513. The molecule has 0 atom stereocenters. The molecule has 15 heavy (non-hydrogen) atoms. The number of aldehydes is 1. The van der Waals surface area contributed by atoms with Crippen LogP contribution in [0.15, 0.2) is 10.5 Å². The molecule has 0 aliphatic carbocycles. The Bertz CT molecular complexity index is 375.